The van der Waals surface area contributed by atoms with Crippen molar-refractivity contribution < 1.29 is 14.6 Å². The molecule has 3 rings (SSSR count). The Morgan fingerprint density at radius 2 is 1.87 bits per heavy atom. The van der Waals surface area contributed by atoms with Gasteiger partial charge in [0.25, 0.3) is 5.91 Å². The van der Waals surface area contributed by atoms with Crippen LogP contribution in [0.25, 0.3) is 0 Å². The molecule has 2 heterocycles. The summed E-state index contributed by atoms with van der Waals surface area (Å²) in [7, 11) is 1.74. The highest BCUT2D eigenvalue weighted by atomic mass is 16.6. The summed E-state index contributed by atoms with van der Waals surface area (Å²) >= 11 is 0. The number of carbonyl (C=O) groups is 1. The number of amides is 1. The molecule has 5 nitrogen and oxygen atoms in total. The molecule has 0 aliphatic carbocycles. The fourth-order valence-corrected chi connectivity index (χ4v) is 3.73. The first-order valence-electron chi connectivity index (χ1n) is 8.35. The van der Waals surface area contributed by atoms with Crippen LogP contribution in [0.1, 0.15) is 25.3 Å². The molecule has 2 fully saturated rings. The molecule has 1 aromatic carbocycles. The molecule has 1 atom stereocenters. The van der Waals surface area contributed by atoms with E-state index in [0.29, 0.717) is 6.54 Å². The second kappa shape index (κ2) is 6.23. The Balaban J connectivity index is 1.55. The maximum Gasteiger partial charge on any atom is 0.282 e. The van der Waals surface area contributed by atoms with E-state index in [2.05, 4.69) is 29.2 Å². The van der Waals surface area contributed by atoms with Crippen molar-refractivity contribution in [3.63, 3.8) is 0 Å². The molecule has 23 heavy (non-hydrogen) atoms. The summed E-state index contributed by atoms with van der Waals surface area (Å²) in [5.41, 5.74) is 0.949. The normalized spacial score (nSPS) is 28.3. The van der Waals surface area contributed by atoms with Gasteiger partial charge in [0.2, 0.25) is 5.79 Å². The van der Waals surface area contributed by atoms with Crippen molar-refractivity contribution >= 4 is 5.91 Å². The number of piperidine rings is 1. The first kappa shape index (κ1) is 16.4. The molecule has 0 saturated carbocycles. The number of carbonyl (C=O) groups excluding carboxylic acids is 1. The van der Waals surface area contributed by atoms with E-state index in [1.54, 1.807) is 11.9 Å². The first-order chi connectivity index (χ1) is 10.9. The maximum absolute atomic E-state index is 11.9. The minimum Gasteiger partial charge on any atom is -0.358 e. The van der Waals surface area contributed by atoms with E-state index in [1.165, 1.54) is 12.5 Å². The number of morpholine rings is 1. The average Bonchev–Trinajstić information content (AvgIpc) is 2.53. The Hall–Kier alpha value is -1.43. The van der Waals surface area contributed by atoms with Crippen LogP contribution in [0.4, 0.5) is 0 Å². The molecule has 5 heteroatoms. The van der Waals surface area contributed by atoms with Gasteiger partial charge in [0.1, 0.15) is 0 Å². The topological polar surface area (TPSA) is 53.0 Å². The van der Waals surface area contributed by atoms with Crippen LogP contribution < -0.4 is 0 Å². The lowest BCUT2D eigenvalue weighted by Gasteiger charge is -2.50. The largest absolute Gasteiger partial charge is 0.358 e. The number of likely N-dealkylation sites (tertiary alicyclic amines) is 1. The highest BCUT2D eigenvalue weighted by molar-refractivity contribution is 5.83. The molecule has 0 bridgehead atoms. The van der Waals surface area contributed by atoms with Gasteiger partial charge in [0, 0.05) is 33.2 Å². The van der Waals surface area contributed by atoms with Crippen LogP contribution in [0, 0.1) is 0 Å². The third kappa shape index (κ3) is 3.57. The lowest BCUT2D eigenvalue weighted by atomic mass is 9.88. The number of hydrogen-bond donors (Lipinski definition) is 1. The van der Waals surface area contributed by atoms with Crippen molar-refractivity contribution in [2.24, 2.45) is 0 Å². The molecular formula is C18H26N2O3. The summed E-state index contributed by atoms with van der Waals surface area (Å²) in [5, 5.41) is 10.2. The van der Waals surface area contributed by atoms with Crippen molar-refractivity contribution in [3.8, 4) is 0 Å². The lowest BCUT2D eigenvalue weighted by molar-refractivity contribution is -0.283. The van der Waals surface area contributed by atoms with E-state index in [0.717, 1.165) is 38.9 Å². The Morgan fingerprint density at radius 1 is 1.22 bits per heavy atom. The van der Waals surface area contributed by atoms with Crippen molar-refractivity contribution in [3.05, 3.63) is 35.9 Å². The molecule has 1 amide bonds. The van der Waals surface area contributed by atoms with Gasteiger partial charge in [-0.15, -0.1) is 0 Å². The summed E-state index contributed by atoms with van der Waals surface area (Å²) in [6, 6.07) is 10.5. The van der Waals surface area contributed by atoms with Gasteiger partial charge in [-0.25, -0.2) is 0 Å². The first-order valence-corrected chi connectivity index (χ1v) is 8.35. The van der Waals surface area contributed by atoms with Gasteiger partial charge in [0.15, 0.2) is 0 Å². The van der Waals surface area contributed by atoms with Gasteiger partial charge in [-0.1, -0.05) is 30.3 Å². The summed E-state index contributed by atoms with van der Waals surface area (Å²) < 4.78 is 5.83. The number of likely N-dealkylation sites (N-methyl/N-ethyl adjacent to an activating group) is 1. The lowest BCUT2D eigenvalue weighted by Crippen LogP contribution is -2.65. The third-order valence-corrected chi connectivity index (χ3v) is 5.01. The zero-order valence-corrected chi connectivity index (χ0v) is 14.0. The second-order valence-corrected chi connectivity index (χ2v) is 7.01. The molecule has 2 aliphatic heterocycles. The van der Waals surface area contributed by atoms with Crippen LogP contribution in [-0.4, -0.2) is 65.4 Å². The number of ether oxygens (including phenoxy) is 1. The highest BCUT2D eigenvalue weighted by Crippen LogP contribution is 2.35. The minimum absolute atomic E-state index is 0.352. The fourth-order valence-electron chi connectivity index (χ4n) is 3.73. The van der Waals surface area contributed by atoms with Crippen molar-refractivity contribution in [1.82, 2.24) is 9.80 Å². The Morgan fingerprint density at radius 3 is 2.48 bits per heavy atom. The molecule has 126 valence electrons. The number of hydrogen-bond acceptors (Lipinski definition) is 4. The average molecular weight is 318 g/mol. The van der Waals surface area contributed by atoms with Crippen LogP contribution in [0.5, 0.6) is 0 Å². The molecule has 2 aliphatic rings. The van der Waals surface area contributed by atoms with Gasteiger partial charge in [-0.05, 0) is 31.7 Å². The van der Waals surface area contributed by atoms with E-state index in [1.807, 2.05) is 6.07 Å². The Kier molecular flexibility index (Phi) is 4.45. The molecule has 0 aromatic heterocycles. The Labute approximate surface area is 137 Å². The smallest absolute Gasteiger partial charge is 0.282 e. The zero-order chi connectivity index (χ0) is 16.5. The number of rotatable bonds is 3. The van der Waals surface area contributed by atoms with Crippen LogP contribution in [-0.2, 0) is 16.0 Å². The van der Waals surface area contributed by atoms with Gasteiger partial charge in [0.05, 0.1) is 5.60 Å². The standard InChI is InChI=1S/C18H26N2O3/c1-17(22)16(21)19(2)14-18(23-17)9-12-20(13-10-18)11-8-15-6-4-3-5-7-15/h3-7,22H,8-14H2,1-2H3. The Bertz CT molecular complexity index is 551. The summed E-state index contributed by atoms with van der Waals surface area (Å²) in [4.78, 5) is 16.0. The summed E-state index contributed by atoms with van der Waals surface area (Å²) in [6.45, 7) is 4.92. The van der Waals surface area contributed by atoms with Crippen LogP contribution in [0.15, 0.2) is 30.3 Å². The van der Waals surface area contributed by atoms with Crippen LogP contribution >= 0.6 is 0 Å². The third-order valence-electron chi connectivity index (χ3n) is 5.01. The minimum atomic E-state index is -1.70. The molecule has 0 radical (unpaired) electrons. The fraction of sp³-hybridized carbons (Fsp3) is 0.611. The van der Waals surface area contributed by atoms with Gasteiger partial charge in [-0.3, -0.25) is 4.79 Å². The molecular weight excluding hydrogens is 292 g/mol. The molecule has 1 aromatic rings. The van der Waals surface area contributed by atoms with E-state index >= 15 is 0 Å². The van der Waals surface area contributed by atoms with E-state index in [4.69, 9.17) is 4.74 Å². The van der Waals surface area contributed by atoms with Crippen molar-refractivity contribution in [2.75, 3.05) is 33.2 Å². The molecule has 2 saturated heterocycles. The van der Waals surface area contributed by atoms with Crippen molar-refractivity contribution in [2.45, 2.75) is 37.6 Å². The maximum atomic E-state index is 11.9. The SMILES string of the molecule is CN1CC2(CCN(CCc3ccccc3)CC2)OC(C)(O)C1=O. The van der Waals surface area contributed by atoms with E-state index in [9.17, 15) is 9.90 Å². The zero-order valence-electron chi connectivity index (χ0n) is 14.0. The van der Waals surface area contributed by atoms with Gasteiger partial charge in [-0.2, -0.15) is 0 Å². The number of aliphatic hydroxyl groups is 1. The predicted molar refractivity (Wildman–Crippen MR) is 87.9 cm³/mol. The monoisotopic (exact) mass is 318 g/mol. The van der Waals surface area contributed by atoms with Gasteiger partial charge < -0.3 is 19.6 Å². The molecule has 1 spiro atoms. The number of benzene rings is 1. The molecule has 1 N–H and O–H groups in total. The van der Waals surface area contributed by atoms with Crippen molar-refractivity contribution in [1.29, 1.82) is 0 Å². The number of nitrogens with zero attached hydrogens (tertiary/aromatic N) is 2. The molecule has 1 unspecified atom stereocenters. The van der Waals surface area contributed by atoms with Crippen LogP contribution in [0.3, 0.4) is 0 Å². The van der Waals surface area contributed by atoms with E-state index in [-0.39, 0.29) is 5.91 Å². The van der Waals surface area contributed by atoms with Crippen LogP contribution in [0.2, 0.25) is 0 Å². The second-order valence-electron chi connectivity index (χ2n) is 7.01. The van der Waals surface area contributed by atoms with E-state index < -0.39 is 11.4 Å². The van der Waals surface area contributed by atoms with Gasteiger partial charge >= 0.3 is 0 Å². The highest BCUT2D eigenvalue weighted by Gasteiger charge is 2.51. The predicted octanol–water partition coefficient (Wildman–Crippen LogP) is 1.26. The quantitative estimate of drug-likeness (QED) is 0.912. The summed E-state index contributed by atoms with van der Waals surface area (Å²) in [5.74, 6) is -2.05. The summed E-state index contributed by atoms with van der Waals surface area (Å²) in [6.07, 6.45) is 2.73.